The molecule has 0 spiro atoms. The number of rotatable bonds is 9. The largest absolute Gasteiger partial charge is 0.481 e. The lowest BCUT2D eigenvalue weighted by molar-refractivity contribution is -0.138. The number of aliphatic carboxylic acids is 1. The number of carbonyl (C=O) groups is 1. The van der Waals surface area contributed by atoms with Crippen molar-refractivity contribution in [3.05, 3.63) is 35.9 Å². The molecular formula is C22H34O2. The highest BCUT2D eigenvalue weighted by molar-refractivity contribution is 5.67. The molecule has 0 bridgehead atoms. The molecule has 0 aromatic heterocycles. The van der Waals surface area contributed by atoms with Gasteiger partial charge in [0.25, 0.3) is 0 Å². The van der Waals surface area contributed by atoms with Crippen LogP contribution in [0.2, 0.25) is 0 Å². The summed E-state index contributed by atoms with van der Waals surface area (Å²) < 4.78 is 0. The molecule has 1 saturated carbocycles. The van der Waals surface area contributed by atoms with E-state index in [9.17, 15) is 9.90 Å². The van der Waals surface area contributed by atoms with Crippen LogP contribution in [0.15, 0.2) is 30.3 Å². The third-order valence-electron chi connectivity index (χ3n) is 6.01. The Morgan fingerprint density at radius 2 is 1.79 bits per heavy atom. The number of carboxylic acid groups (broad SMARTS) is 1. The Hall–Kier alpha value is -1.31. The smallest absolute Gasteiger partial charge is 0.303 e. The Kier molecular flexibility index (Phi) is 7.33. The van der Waals surface area contributed by atoms with Gasteiger partial charge in [0, 0.05) is 6.42 Å². The SMILES string of the molecule is CCCCCC1(C(c2ccccc2)C(C)CC(=O)O)CCCCC1. The first-order chi connectivity index (χ1) is 11.6. The molecule has 0 heterocycles. The molecule has 1 aliphatic carbocycles. The van der Waals surface area contributed by atoms with Gasteiger partial charge in [-0.3, -0.25) is 4.79 Å². The highest BCUT2D eigenvalue weighted by Crippen LogP contribution is 2.54. The van der Waals surface area contributed by atoms with Crippen LogP contribution in [0.5, 0.6) is 0 Å². The van der Waals surface area contributed by atoms with Crippen LogP contribution in [0, 0.1) is 11.3 Å². The molecule has 1 fully saturated rings. The normalized spacial score (nSPS) is 19.6. The van der Waals surface area contributed by atoms with Crippen molar-refractivity contribution in [1.82, 2.24) is 0 Å². The van der Waals surface area contributed by atoms with Crippen molar-refractivity contribution >= 4 is 5.97 Å². The van der Waals surface area contributed by atoms with Crippen molar-refractivity contribution in [2.75, 3.05) is 0 Å². The zero-order chi connectivity index (χ0) is 17.4. The summed E-state index contributed by atoms with van der Waals surface area (Å²) in [6.45, 7) is 4.41. The van der Waals surface area contributed by atoms with Gasteiger partial charge in [-0.15, -0.1) is 0 Å². The maximum atomic E-state index is 11.4. The lowest BCUT2D eigenvalue weighted by Crippen LogP contribution is -2.36. The van der Waals surface area contributed by atoms with Crippen molar-refractivity contribution < 1.29 is 9.90 Å². The molecule has 134 valence electrons. The number of hydrogen-bond acceptors (Lipinski definition) is 1. The average molecular weight is 331 g/mol. The number of hydrogen-bond donors (Lipinski definition) is 1. The summed E-state index contributed by atoms with van der Waals surface area (Å²) in [5, 5.41) is 9.38. The van der Waals surface area contributed by atoms with E-state index in [-0.39, 0.29) is 12.3 Å². The lowest BCUT2D eigenvalue weighted by atomic mass is 9.58. The van der Waals surface area contributed by atoms with Gasteiger partial charge in [-0.2, -0.15) is 0 Å². The lowest BCUT2D eigenvalue weighted by Gasteiger charge is -2.47. The fourth-order valence-corrected chi connectivity index (χ4v) is 5.04. The molecule has 0 amide bonds. The van der Waals surface area contributed by atoms with E-state index >= 15 is 0 Å². The topological polar surface area (TPSA) is 37.3 Å². The molecule has 0 saturated heterocycles. The second kappa shape index (κ2) is 9.25. The van der Waals surface area contributed by atoms with Gasteiger partial charge in [0.05, 0.1) is 0 Å². The molecule has 2 heteroatoms. The summed E-state index contributed by atoms with van der Waals surface area (Å²) in [4.78, 5) is 11.4. The van der Waals surface area contributed by atoms with Gasteiger partial charge >= 0.3 is 5.97 Å². The maximum absolute atomic E-state index is 11.4. The van der Waals surface area contributed by atoms with Gasteiger partial charge in [-0.05, 0) is 42.1 Å². The van der Waals surface area contributed by atoms with E-state index in [0.29, 0.717) is 11.3 Å². The van der Waals surface area contributed by atoms with Gasteiger partial charge in [-0.25, -0.2) is 0 Å². The van der Waals surface area contributed by atoms with Crippen LogP contribution in [0.4, 0.5) is 0 Å². The zero-order valence-electron chi connectivity index (χ0n) is 15.5. The van der Waals surface area contributed by atoms with Crippen molar-refractivity contribution in [2.24, 2.45) is 11.3 Å². The Morgan fingerprint density at radius 3 is 2.38 bits per heavy atom. The summed E-state index contributed by atoms with van der Waals surface area (Å²) in [6, 6.07) is 10.7. The molecule has 1 aromatic rings. The standard InChI is InChI=1S/C22H34O2/c1-3-4-9-14-22(15-10-6-11-16-22)21(18(2)17-20(23)24)19-12-7-5-8-13-19/h5,7-8,12-13,18,21H,3-4,6,9-11,14-17H2,1-2H3,(H,23,24). The van der Waals surface area contributed by atoms with Gasteiger partial charge in [-0.1, -0.05) is 82.7 Å². The van der Waals surface area contributed by atoms with Gasteiger partial charge in [0.1, 0.15) is 0 Å². The first-order valence-electron chi connectivity index (χ1n) is 9.86. The average Bonchev–Trinajstić information content (AvgIpc) is 2.56. The van der Waals surface area contributed by atoms with Crippen LogP contribution >= 0.6 is 0 Å². The summed E-state index contributed by atoms with van der Waals surface area (Å²) in [5.74, 6) is -0.112. The first-order valence-corrected chi connectivity index (χ1v) is 9.86. The van der Waals surface area contributed by atoms with E-state index in [1.54, 1.807) is 0 Å². The second-order valence-corrected chi connectivity index (χ2v) is 7.84. The third-order valence-corrected chi connectivity index (χ3v) is 6.01. The molecule has 0 radical (unpaired) electrons. The quantitative estimate of drug-likeness (QED) is 0.531. The minimum atomic E-state index is -0.664. The van der Waals surface area contributed by atoms with E-state index in [1.165, 1.54) is 63.4 Å². The van der Waals surface area contributed by atoms with E-state index in [2.05, 4.69) is 44.2 Å². The van der Waals surface area contributed by atoms with Crippen molar-refractivity contribution in [1.29, 1.82) is 0 Å². The number of unbranched alkanes of at least 4 members (excludes halogenated alkanes) is 2. The molecule has 2 nitrogen and oxygen atoms in total. The molecule has 1 aliphatic rings. The van der Waals surface area contributed by atoms with Crippen LogP contribution in [-0.4, -0.2) is 11.1 Å². The minimum absolute atomic E-state index is 0.185. The van der Waals surface area contributed by atoms with Crippen LogP contribution in [0.1, 0.15) is 89.5 Å². The summed E-state index contributed by atoms with van der Waals surface area (Å²) in [7, 11) is 0. The Labute approximate surface area is 147 Å². The third kappa shape index (κ3) is 4.84. The fourth-order valence-electron chi connectivity index (χ4n) is 5.04. The van der Waals surface area contributed by atoms with Crippen LogP contribution in [-0.2, 0) is 4.79 Å². The maximum Gasteiger partial charge on any atom is 0.303 e. The summed E-state index contributed by atoms with van der Waals surface area (Å²) >= 11 is 0. The highest BCUT2D eigenvalue weighted by atomic mass is 16.4. The predicted octanol–water partition coefficient (Wildman–Crippen LogP) is 6.41. The van der Waals surface area contributed by atoms with Gasteiger partial charge in [0.2, 0.25) is 0 Å². The molecule has 1 N–H and O–H groups in total. The second-order valence-electron chi connectivity index (χ2n) is 7.84. The molecule has 2 unspecified atom stereocenters. The van der Waals surface area contributed by atoms with Crippen molar-refractivity contribution in [3.8, 4) is 0 Å². The van der Waals surface area contributed by atoms with Crippen molar-refractivity contribution in [3.63, 3.8) is 0 Å². The van der Waals surface area contributed by atoms with E-state index in [0.717, 1.165) is 0 Å². The van der Waals surface area contributed by atoms with Gasteiger partial charge in [0.15, 0.2) is 0 Å². The molecule has 2 atom stereocenters. The molecule has 24 heavy (non-hydrogen) atoms. The molecular weight excluding hydrogens is 296 g/mol. The first kappa shape index (κ1) is 19.0. The summed E-state index contributed by atoms with van der Waals surface area (Å²) in [6.07, 6.45) is 11.8. The fraction of sp³-hybridized carbons (Fsp3) is 0.682. The van der Waals surface area contributed by atoms with E-state index < -0.39 is 5.97 Å². The van der Waals surface area contributed by atoms with E-state index in [1.807, 2.05) is 0 Å². The van der Waals surface area contributed by atoms with E-state index in [4.69, 9.17) is 0 Å². The zero-order valence-corrected chi connectivity index (χ0v) is 15.5. The molecule has 2 rings (SSSR count). The Balaban J connectivity index is 2.34. The highest BCUT2D eigenvalue weighted by Gasteiger charge is 2.42. The Bertz CT molecular complexity index is 488. The minimum Gasteiger partial charge on any atom is -0.481 e. The monoisotopic (exact) mass is 330 g/mol. The van der Waals surface area contributed by atoms with Gasteiger partial charge < -0.3 is 5.11 Å². The molecule has 0 aliphatic heterocycles. The molecule has 1 aromatic carbocycles. The summed E-state index contributed by atoms with van der Waals surface area (Å²) in [5.41, 5.74) is 1.65. The van der Waals surface area contributed by atoms with Crippen LogP contribution in [0.3, 0.4) is 0 Å². The number of benzene rings is 1. The van der Waals surface area contributed by atoms with Crippen molar-refractivity contribution in [2.45, 2.75) is 84.0 Å². The van der Waals surface area contributed by atoms with Crippen LogP contribution < -0.4 is 0 Å². The van der Waals surface area contributed by atoms with Crippen LogP contribution in [0.25, 0.3) is 0 Å². The Morgan fingerprint density at radius 1 is 1.12 bits per heavy atom. The number of carboxylic acids is 1. The predicted molar refractivity (Wildman–Crippen MR) is 100 cm³/mol.